The van der Waals surface area contributed by atoms with Gasteiger partial charge in [-0.05, 0) is 49.4 Å². The van der Waals surface area contributed by atoms with Crippen LogP contribution in [0.15, 0.2) is 12.1 Å². The van der Waals surface area contributed by atoms with Gasteiger partial charge in [-0.2, -0.15) is 0 Å². The first-order chi connectivity index (χ1) is 7.69. The molecule has 0 saturated heterocycles. The first-order valence-electron chi connectivity index (χ1n) is 5.84. The van der Waals surface area contributed by atoms with Crippen molar-refractivity contribution in [2.24, 2.45) is 0 Å². The standard InChI is InChI=1S/C14H19NS/c1-5-11-12(8-15-4)16-14-10(3)7-6-9(2)13(11)14/h6-7,15H,5,8H2,1-4H3. The van der Waals surface area contributed by atoms with Crippen LogP contribution in [0.4, 0.5) is 0 Å². The largest absolute Gasteiger partial charge is 0.315 e. The highest BCUT2D eigenvalue weighted by Crippen LogP contribution is 2.36. The molecule has 0 atom stereocenters. The van der Waals surface area contributed by atoms with Crippen LogP contribution in [-0.4, -0.2) is 7.05 Å². The third-order valence-corrected chi connectivity index (χ3v) is 4.48. The fraction of sp³-hybridized carbons (Fsp3) is 0.429. The topological polar surface area (TPSA) is 12.0 Å². The van der Waals surface area contributed by atoms with E-state index < -0.39 is 0 Å². The zero-order valence-corrected chi connectivity index (χ0v) is 11.3. The summed E-state index contributed by atoms with van der Waals surface area (Å²) in [5, 5.41) is 4.77. The van der Waals surface area contributed by atoms with E-state index in [0.717, 1.165) is 13.0 Å². The average Bonchev–Trinajstić information content (AvgIpc) is 2.64. The van der Waals surface area contributed by atoms with Gasteiger partial charge in [0.25, 0.3) is 0 Å². The van der Waals surface area contributed by atoms with Crippen LogP contribution in [0, 0.1) is 13.8 Å². The normalized spacial score (nSPS) is 11.2. The fourth-order valence-electron chi connectivity index (χ4n) is 2.29. The highest BCUT2D eigenvalue weighted by molar-refractivity contribution is 7.19. The van der Waals surface area contributed by atoms with E-state index >= 15 is 0 Å². The molecule has 2 rings (SSSR count). The Morgan fingerprint density at radius 1 is 1.19 bits per heavy atom. The van der Waals surface area contributed by atoms with Gasteiger partial charge in [0.2, 0.25) is 0 Å². The number of hydrogen-bond donors (Lipinski definition) is 1. The molecule has 0 radical (unpaired) electrons. The van der Waals surface area contributed by atoms with Crippen LogP contribution in [0.1, 0.15) is 28.5 Å². The Morgan fingerprint density at radius 2 is 1.88 bits per heavy atom. The third-order valence-electron chi connectivity index (χ3n) is 3.12. The maximum Gasteiger partial charge on any atom is 0.0380 e. The van der Waals surface area contributed by atoms with Crippen molar-refractivity contribution < 1.29 is 0 Å². The van der Waals surface area contributed by atoms with Gasteiger partial charge in [0.15, 0.2) is 0 Å². The van der Waals surface area contributed by atoms with Crippen LogP contribution in [0.5, 0.6) is 0 Å². The molecule has 0 aliphatic heterocycles. The van der Waals surface area contributed by atoms with Crippen LogP contribution < -0.4 is 5.32 Å². The lowest BCUT2D eigenvalue weighted by Crippen LogP contribution is -2.05. The molecular formula is C14H19NS. The predicted octanol–water partition coefficient (Wildman–Crippen LogP) is 3.80. The van der Waals surface area contributed by atoms with Crippen molar-refractivity contribution in [2.45, 2.75) is 33.7 Å². The molecule has 16 heavy (non-hydrogen) atoms. The van der Waals surface area contributed by atoms with Crippen LogP contribution in [-0.2, 0) is 13.0 Å². The van der Waals surface area contributed by atoms with Crippen molar-refractivity contribution in [1.29, 1.82) is 0 Å². The van der Waals surface area contributed by atoms with Gasteiger partial charge in [0.05, 0.1) is 0 Å². The minimum Gasteiger partial charge on any atom is -0.315 e. The maximum absolute atomic E-state index is 3.27. The van der Waals surface area contributed by atoms with Gasteiger partial charge < -0.3 is 5.32 Å². The Labute approximate surface area is 101 Å². The molecule has 1 heterocycles. The van der Waals surface area contributed by atoms with E-state index in [1.807, 2.05) is 18.4 Å². The zero-order chi connectivity index (χ0) is 11.7. The van der Waals surface area contributed by atoms with E-state index in [2.05, 4.69) is 38.2 Å². The van der Waals surface area contributed by atoms with Gasteiger partial charge in [-0.15, -0.1) is 11.3 Å². The summed E-state index contributed by atoms with van der Waals surface area (Å²) in [6.07, 6.45) is 1.13. The SMILES string of the molecule is CCc1c(CNC)sc2c(C)ccc(C)c12. The summed E-state index contributed by atoms with van der Waals surface area (Å²) in [6.45, 7) is 7.67. The first-order valence-corrected chi connectivity index (χ1v) is 6.65. The van der Waals surface area contributed by atoms with E-state index in [0.29, 0.717) is 0 Å². The Kier molecular flexibility index (Phi) is 3.31. The number of fused-ring (bicyclic) bond motifs is 1. The first kappa shape index (κ1) is 11.6. The highest BCUT2D eigenvalue weighted by Gasteiger charge is 2.13. The molecule has 0 spiro atoms. The summed E-state index contributed by atoms with van der Waals surface area (Å²) in [5.74, 6) is 0. The van der Waals surface area contributed by atoms with E-state index in [1.165, 1.54) is 31.7 Å². The molecule has 1 aromatic heterocycles. The van der Waals surface area contributed by atoms with Crippen molar-refractivity contribution in [3.05, 3.63) is 33.7 Å². The van der Waals surface area contributed by atoms with Gasteiger partial charge in [-0.25, -0.2) is 0 Å². The third kappa shape index (κ3) is 1.76. The lowest BCUT2D eigenvalue weighted by atomic mass is 10.0. The molecule has 0 unspecified atom stereocenters. The van der Waals surface area contributed by atoms with Gasteiger partial charge in [0.1, 0.15) is 0 Å². The minimum atomic E-state index is 0.987. The Morgan fingerprint density at radius 3 is 2.50 bits per heavy atom. The summed E-state index contributed by atoms with van der Waals surface area (Å²) in [6, 6.07) is 4.48. The quantitative estimate of drug-likeness (QED) is 0.850. The molecule has 0 aliphatic carbocycles. The number of nitrogens with one attached hydrogen (secondary N) is 1. The second kappa shape index (κ2) is 4.56. The van der Waals surface area contributed by atoms with Gasteiger partial charge in [-0.1, -0.05) is 19.1 Å². The molecular weight excluding hydrogens is 214 g/mol. The predicted molar refractivity (Wildman–Crippen MR) is 73.4 cm³/mol. The Hall–Kier alpha value is -0.860. The number of hydrogen-bond acceptors (Lipinski definition) is 2. The van der Waals surface area contributed by atoms with E-state index in [4.69, 9.17) is 0 Å². The summed E-state index contributed by atoms with van der Waals surface area (Å²) in [7, 11) is 2.02. The maximum atomic E-state index is 3.27. The molecule has 1 aromatic carbocycles. The molecule has 0 bridgehead atoms. The van der Waals surface area contributed by atoms with Crippen LogP contribution in [0.2, 0.25) is 0 Å². The number of thiophene rings is 1. The number of aryl methyl sites for hydroxylation is 3. The van der Waals surface area contributed by atoms with E-state index in [1.54, 1.807) is 0 Å². The molecule has 86 valence electrons. The lowest BCUT2D eigenvalue weighted by Gasteiger charge is -2.03. The van der Waals surface area contributed by atoms with Crippen LogP contribution in [0.3, 0.4) is 0 Å². The van der Waals surface area contributed by atoms with Gasteiger partial charge >= 0.3 is 0 Å². The smallest absolute Gasteiger partial charge is 0.0380 e. The summed E-state index contributed by atoms with van der Waals surface area (Å²) in [4.78, 5) is 1.50. The minimum absolute atomic E-state index is 0.987. The van der Waals surface area contributed by atoms with Crippen molar-refractivity contribution in [3.8, 4) is 0 Å². The molecule has 2 aromatic rings. The second-order valence-corrected chi connectivity index (χ2v) is 5.40. The number of benzene rings is 1. The molecule has 2 heteroatoms. The molecule has 0 fully saturated rings. The zero-order valence-electron chi connectivity index (χ0n) is 10.5. The van der Waals surface area contributed by atoms with Crippen molar-refractivity contribution in [2.75, 3.05) is 7.05 Å². The Balaban J connectivity index is 2.76. The monoisotopic (exact) mass is 233 g/mol. The Bertz CT molecular complexity index is 511. The summed E-state index contributed by atoms with van der Waals surface area (Å²) in [5.41, 5.74) is 4.36. The summed E-state index contributed by atoms with van der Waals surface area (Å²) < 4.78 is 1.47. The lowest BCUT2D eigenvalue weighted by molar-refractivity contribution is 0.822. The fourth-order valence-corrected chi connectivity index (χ4v) is 3.74. The van der Waals surface area contributed by atoms with Crippen LogP contribution in [0.25, 0.3) is 10.1 Å². The van der Waals surface area contributed by atoms with E-state index in [9.17, 15) is 0 Å². The number of rotatable bonds is 3. The second-order valence-electron chi connectivity index (χ2n) is 4.29. The molecule has 0 saturated carbocycles. The van der Waals surface area contributed by atoms with Gasteiger partial charge in [0, 0.05) is 16.1 Å². The highest BCUT2D eigenvalue weighted by atomic mass is 32.1. The average molecular weight is 233 g/mol. The van der Waals surface area contributed by atoms with Gasteiger partial charge in [-0.3, -0.25) is 0 Å². The van der Waals surface area contributed by atoms with E-state index in [-0.39, 0.29) is 0 Å². The van der Waals surface area contributed by atoms with Crippen molar-refractivity contribution in [1.82, 2.24) is 5.32 Å². The molecule has 0 amide bonds. The van der Waals surface area contributed by atoms with Crippen LogP contribution >= 0.6 is 11.3 Å². The summed E-state index contributed by atoms with van der Waals surface area (Å²) >= 11 is 1.95. The molecule has 1 N–H and O–H groups in total. The molecule has 0 aliphatic rings. The van der Waals surface area contributed by atoms with Crippen molar-refractivity contribution >= 4 is 21.4 Å². The molecule has 1 nitrogen and oxygen atoms in total. The van der Waals surface area contributed by atoms with Crippen molar-refractivity contribution in [3.63, 3.8) is 0 Å².